The molecule has 0 spiro atoms. The summed E-state index contributed by atoms with van der Waals surface area (Å²) in [6, 6.07) is 7.10. The molecule has 90 valence electrons. The molecule has 1 heterocycles. The molecule has 4 heteroatoms. The Morgan fingerprint density at radius 2 is 2.24 bits per heavy atom. The average molecular weight is 233 g/mol. The predicted molar refractivity (Wildman–Crippen MR) is 63.7 cm³/mol. The molecule has 1 atom stereocenters. The molecule has 0 bridgehead atoms. The minimum absolute atomic E-state index is 0.0222. The predicted octanol–water partition coefficient (Wildman–Crippen LogP) is 1.66. The van der Waals surface area contributed by atoms with Crippen molar-refractivity contribution in [2.75, 3.05) is 12.0 Å². The summed E-state index contributed by atoms with van der Waals surface area (Å²) in [5.74, 6) is -0.372. The first-order valence-corrected chi connectivity index (χ1v) is 5.60. The summed E-state index contributed by atoms with van der Waals surface area (Å²) in [6.07, 6.45) is 0.924. The number of nitrogens with zero attached hydrogens (tertiary/aromatic N) is 1. The van der Waals surface area contributed by atoms with Gasteiger partial charge >= 0.3 is 5.97 Å². The summed E-state index contributed by atoms with van der Waals surface area (Å²) in [5.41, 5.74) is 1.83. The van der Waals surface area contributed by atoms with Crippen LogP contribution in [0.15, 0.2) is 24.3 Å². The van der Waals surface area contributed by atoms with Crippen LogP contribution in [0.5, 0.6) is 0 Å². The molecule has 0 N–H and O–H groups in total. The molecule has 1 aromatic carbocycles. The van der Waals surface area contributed by atoms with Crippen molar-refractivity contribution in [1.29, 1.82) is 0 Å². The molecule has 2 rings (SSSR count). The largest absolute Gasteiger partial charge is 0.467 e. The standard InChI is InChI=1S/C13H15NO3/c1-9-4-3-5-10(8-9)14-11(13(16)17-2)6-7-12(14)15/h3-5,8,11H,6-7H2,1-2H3. The van der Waals surface area contributed by atoms with E-state index in [4.69, 9.17) is 4.74 Å². The quantitative estimate of drug-likeness (QED) is 0.730. The second-order valence-corrected chi connectivity index (χ2v) is 4.18. The van der Waals surface area contributed by atoms with Gasteiger partial charge in [-0.2, -0.15) is 0 Å². The fourth-order valence-corrected chi connectivity index (χ4v) is 2.14. The van der Waals surface area contributed by atoms with Crippen LogP contribution < -0.4 is 4.90 Å². The van der Waals surface area contributed by atoms with Gasteiger partial charge < -0.3 is 4.74 Å². The van der Waals surface area contributed by atoms with Gasteiger partial charge in [-0.25, -0.2) is 4.79 Å². The van der Waals surface area contributed by atoms with Crippen molar-refractivity contribution in [3.05, 3.63) is 29.8 Å². The molecule has 1 saturated heterocycles. The highest BCUT2D eigenvalue weighted by Gasteiger charge is 2.37. The van der Waals surface area contributed by atoms with E-state index in [1.165, 1.54) is 7.11 Å². The summed E-state index contributed by atoms with van der Waals surface area (Å²) in [6.45, 7) is 1.96. The monoisotopic (exact) mass is 233 g/mol. The van der Waals surface area contributed by atoms with Crippen LogP contribution in [0.3, 0.4) is 0 Å². The summed E-state index contributed by atoms with van der Waals surface area (Å²) >= 11 is 0. The lowest BCUT2D eigenvalue weighted by Gasteiger charge is -2.23. The Morgan fingerprint density at radius 1 is 1.47 bits per heavy atom. The van der Waals surface area contributed by atoms with E-state index in [2.05, 4.69) is 0 Å². The molecule has 1 unspecified atom stereocenters. The molecule has 4 nitrogen and oxygen atoms in total. The maximum absolute atomic E-state index is 11.8. The van der Waals surface area contributed by atoms with Crippen LogP contribution in [0.1, 0.15) is 18.4 Å². The highest BCUT2D eigenvalue weighted by atomic mass is 16.5. The average Bonchev–Trinajstić information content (AvgIpc) is 2.70. The second-order valence-electron chi connectivity index (χ2n) is 4.18. The van der Waals surface area contributed by atoms with E-state index < -0.39 is 6.04 Å². The number of carbonyl (C=O) groups excluding carboxylic acids is 2. The van der Waals surface area contributed by atoms with Crippen LogP contribution in [0.4, 0.5) is 5.69 Å². The maximum Gasteiger partial charge on any atom is 0.328 e. The first kappa shape index (κ1) is 11.6. The smallest absolute Gasteiger partial charge is 0.328 e. The lowest BCUT2D eigenvalue weighted by Crippen LogP contribution is -2.39. The number of ether oxygens (including phenoxy) is 1. The van der Waals surface area contributed by atoms with Gasteiger partial charge in [0.15, 0.2) is 0 Å². The number of esters is 1. The number of methoxy groups -OCH3 is 1. The van der Waals surface area contributed by atoms with E-state index in [1.807, 2.05) is 31.2 Å². The maximum atomic E-state index is 11.8. The van der Waals surface area contributed by atoms with Gasteiger partial charge in [0, 0.05) is 12.1 Å². The van der Waals surface area contributed by atoms with Crippen LogP contribution in [0.2, 0.25) is 0 Å². The molecular formula is C13H15NO3. The Bertz CT molecular complexity index is 456. The number of hydrogen-bond acceptors (Lipinski definition) is 3. The molecule has 0 saturated carbocycles. The number of anilines is 1. The van der Waals surface area contributed by atoms with Crippen LogP contribution in [0, 0.1) is 6.92 Å². The highest BCUT2D eigenvalue weighted by molar-refractivity contribution is 6.02. The molecule has 1 aliphatic heterocycles. The third kappa shape index (κ3) is 2.16. The Balaban J connectivity index is 2.34. The van der Waals surface area contributed by atoms with E-state index in [-0.39, 0.29) is 11.9 Å². The number of rotatable bonds is 2. The summed E-state index contributed by atoms with van der Waals surface area (Å²) < 4.78 is 4.73. The van der Waals surface area contributed by atoms with Crippen LogP contribution >= 0.6 is 0 Å². The van der Waals surface area contributed by atoms with Gasteiger partial charge in [-0.05, 0) is 31.0 Å². The fourth-order valence-electron chi connectivity index (χ4n) is 2.14. The zero-order chi connectivity index (χ0) is 12.4. The molecule has 1 aromatic rings. The fraction of sp³-hybridized carbons (Fsp3) is 0.385. The SMILES string of the molecule is COC(=O)C1CCC(=O)N1c1cccc(C)c1. The second kappa shape index (κ2) is 4.57. The van der Waals surface area contributed by atoms with E-state index in [1.54, 1.807) is 4.90 Å². The molecule has 1 amide bonds. The van der Waals surface area contributed by atoms with Gasteiger partial charge in [0.05, 0.1) is 7.11 Å². The van der Waals surface area contributed by atoms with Crippen molar-refractivity contribution in [3.8, 4) is 0 Å². The Labute approximate surface area is 100 Å². The van der Waals surface area contributed by atoms with Crippen molar-refractivity contribution >= 4 is 17.6 Å². The molecule has 1 fully saturated rings. The molecule has 0 radical (unpaired) electrons. The van der Waals surface area contributed by atoms with Crippen LogP contribution in [0.25, 0.3) is 0 Å². The van der Waals surface area contributed by atoms with Crippen molar-refractivity contribution in [2.24, 2.45) is 0 Å². The lowest BCUT2D eigenvalue weighted by molar-refractivity contribution is -0.142. The van der Waals surface area contributed by atoms with Crippen LogP contribution in [-0.2, 0) is 14.3 Å². The molecule has 1 aliphatic rings. The zero-order valence-electron chi connectivity index (χ0n) is 9.97. The number of hydrogen-bond donors (Lipinski definition) is 0. The van der Waals surface area contributed by atoms with Crippen molar-refractivity contribution < 1.29 is 14.3 Å². The summed E-state index contributed by atoms with van der Waals surface area (Å²) in [4.78, 5) is 25.0. The van der Waals surface area contributed by atoms with E-state index >= 15 is 0 Å². The Hall–Kier alpha value is -1.84. The normalized spacial score (nSPS) is 19.5. The van der Waals surface area contributed by atoms with E-state index in [9.17, 15) is 9.59 Å². The van der Waals surface area contributed by atoms with Gasteiger partial charge in [-0.1, -0.05) is 12.1 Å². The highest BCUT2D eigenvalue weighted by Crippen LogP contribution is 2.27. The van der Waals surface area contributed by atoms with Gasteiger partial charge in [-0.3, -0.25) is 9.69 Å². The number of carbonyl (C=O) groups is 2. The Morgan fingerprint density at radius 3 is 2.88 bits per heavy atom. The first-order chi connectivity index (χ1) is 8.13. The minimum Gasteiger partial charge on any atom is -0.467 e. The molecule has 0 aliphatic carbocycles. The van der Waals surface area contributed by atoms with Crippen molar-refractivity contribution in [3.63, 3.8) is 0 Å². The van der Waals surface area contributed by atoms with Crippen LogP contribution in [-0.4, -0.2) is 25.0 Å². The van der Waals surface area contributed by atoms with E-state index in [0.29, 0.717) is 12.8 Å². The number of benzene rings is 1. The molecular weight excluding hydrogens is 218 g/mol. The molecule has 0 aromatic heterocycles. The number of aryl methyl sites for hydroxylation is 1. The van der Waals surface area contributed by atoms with Gasteiger partial charge in [0.1, 0.15) is 6.04 Å². The summed E-state index contributed by atoms with van der Waals surface area (Å²) in [5, 5.41) is 0. The third-order valence-corrected chi connectivity index (χ3v) is 2.97. The Kier molecular flexibility index (Phi) is 3.13. The topological polar surface area (TPSA) is 46.6 Å². The van der Waals surface area contributed by atoms with Gasteiger partial charge in [-0.15, -0.1) is 0 Å². The van der Waals surface area contributed by atoms with Crippen molar-refractivity contribution in [2.45, 2.75) is 25.8 Å². The minimum atomic E-state index is -0.478. The third-order valence-electron chi connectivity index (χ3n) is 2.97. The van der Waals surface area contributed by atoms with Gasteiger partial charge in [0.2, 0.25) is 5.91 Å². The summed E-state index contributed by atoms with van der Waals surface area (Å²) in [7, 11) is 1.35. The van der Waals surface area contributed by atoms with Gasteiger partial charge in [0.25, 0.3) is 0 Å². The van der Waals surface area contributed by atoms with E-state index in [0.717, 1.165) is 11.3 Å². The van der Waals surface area contributed by atoms with Crippen molar-refractivity contribution in [1.82, 2.24) is 0 Å². The zero-order valence-corrected chi connectivity index (χ0v) is 9.97. The molecule has 17 heavy (non-hydrogen) atoms. The first-order valence-electron chi connectivity index (χ1n) is 5.60. The lowest BCUT2D eigenvalue weighted by atomic mass is 10.2. The number of amides is 1.